The van der Waals surface area contributed by atoms with Gasteiger partial charge in [-0.2, -0.15) is 0 Å². The number of aliphatic imine (C=N–C) groups is 1. The van der Waals surface area contributed by atoms with Crippen molar-refractivity contribution in [2.75, 3.05) is 45.9 Å². The fourth-order valence-corrected chi connectivity index (χ4v) is 2.46. The van der Waals surface area contributed by atoms with E-state index in [0.717, 1.165) is 39.3 Å². The summed E-state index contributed by atoms with van der Waals surface area (Å²) < 4.78 is 32.2. The van der Waals surface area contributed by atoms with Crippen molar-refractivity contribution in [2.24, 2.45) is 10.7 Å². The van der Waals surface area contributed by atoms with Gasteiger partial charge >= 0.3 is 0 Å². The number of guanidine groups is 1. The number of nitrogens with zero attached hydrogens (tertiary/aromatic N) is 2. The van der Waals surface area contributed by atoms with Crippen molar-refractivity contribution in [3.05, 3.63) is 35.4 Å². The molecule has 0 spiro atoms. The first kappa shape index (κ1) is 17.6. The predicted molar refractivity (Wildman–Crippen MR) is 86.4 cm³/mol. The number of hydrogen-bond acceptors (Lipinski definition) is 3. The molecule has 0 unspecified atom stereocenters. The smallest absolute Gasteiger partial charge is 0.188 e. The van der Waals surface area contributed by atoms with Crippen LogP contribution in [0, 0.1) is 11.6 Å². The van der Waals surface area contributed by atoms with Gasteiger partial charge in [0.15, 0.2) is 5.96 Å². The number of ether oxygens (including phenoxy) is 1. The Hall–Kier alpha value is -1.73. The van der Waals surface area contributed by atoms with Crippen molar-refractivity contribution in [3.8, 4) is 0 Å². The Balaban J connectivity index is 1.63. The summed E-state index contributed by atoms with van der Waals surface area (Å²) in [5, 5.41) is 2.88. The molecule has 0 aliphatic carbocycles. The first-order valence-electron chi connectivity index (χ1n) is 7.93. The number of rotatable bonds is 7. The summed E-state index contributed by atoms with van der Waals surface area (Å²) in [7, 11) is 0. The Bertz CT molecular complexity index is 499. The van der Waals surface area contributed by atoms with Gasteiger partial charge in [0, 0.05) is 38.3 Å². The van der Waals surface area contributed by atoms with Gasteiger partial charge < -0.3 is 15.8 Å². The van der Waals surface area contributed by atoms with Crippen LogP contribution in [0.15, 0.2) is 23.2 Å². The van der Waals surface area contributed by atoms with Gasteiger partial charge in [-0.15, -0.1) is 0 Å². The van der Waals surface area contributed by atoms with Crippen LogP contribution in [0.1, 0.15) is 12.0 Å². The van der Waals surface area contributed by atoms with Crippen LogP contribution >= 0.6 is 0 Å². The molecular formula is C16H24F2N4O. The second kappa shape index (κ2) is 9.42. The summed E-state index contributed by atoms with van der Waals surface area (Å²) in [6.45, 7) is 5.46. The lowest BCUT2D eigenvalue weighted by atomic mass is 10.1. The van der Waals surface area contributed by atoms with Crippen LogP contribution in [0.4, 0.5) is 8.78 Å². The Morgan fingerprint density at radius 2 is 1.96 bits per heavy atom. The Morgan fingerprint density at radius 1 is 1.26 bits per heavy atom. The molecule has 1 aromatic rings. The molecule has 128 valence electrons. The maximum Gasteiger partial charge on any atom is 0.188 e. The van der Waals surface area contributed by atoms with Crippen LogP contribution in [0.5, 0.6) is 0 Å². The highest BCUT2D eigenvalue weighted by atomic mass is 19.1. The van der Waals surface area contributed by atoms with E-state index in [-0.39, 0.29) is 12.0 Å². The van der Waals surface area contributed by atoms with Crippen LogP contribution in [0.3, 0.4) is 0 Å². The zero-order valence-electron chi connectivity index (χ0n) is 13.2. The van der Waals surface area contributed by atoms with Gasteiger partial charge in [-0.25, -0.2) is 8.78 Å². The number of nitrogens with one attached hydrogen (secondary N) is 1. The molecule has 1 heterocycles. The van der Waals surface area contributed by atoms with E-state index < -0.39 is 11.6 Å². The van der Waals surface area contributed by atoms with E-state index in [4.69, 9.17) is 10.5 Å². The molecule has 0 saturated carbocycles. The molecule has 0 aromatic heterocycles. The minimum atomic E-state index is -0.534. The van der Waals surface area contributed by atoms with Crippen molar-refractivity contribution in [1.29, 1.82) is 0 Å². The number of hydrogen-bond donors (Lipinski definition) is 2. The van der Waals surface area contributed by atoms with Crippen molar-refractivity contribution in [1.82, 2.24) is 10.2 Å². The molecule has 1 saturated heterocycles. The minimum absolute atomic E-state index is 0.0696. The second-order valence-corrected chi connectivity index (χ2v) is 5.45. The van der Waals surface area contributed by atoms with Gasteiger partial charge in [-0.3, -0.25) is 9.89 Å². The van der Waals surface area contributed by atoms with Gasteiger partial charge in [-0.05, 0) is 25.0 Å². The van der Waals surface area contributed by atoms with Crippen LogP contribution in [-0.2, 0) is 11.2 Å². The van der Waals surface area contributed by atoms with E-state index in [1.54, 1.807) is 0 Å². The third-order valence-electron chi connectivity index (χ3n) is 3.76. The lowest BCUT2D eigenvalue weighted by Crippen LogP contribution is -2.37. The van der Waals surface area contributed by atoms with Gasteiger partial charge in [0.25, 0.3) is 0 Å². The Kier molecular flexibility index (Phi) is 7.22. The lowest BCUT2D eigenvalue weighted by Gasteiger charge is -2.26. The molecule has 3 N–H and O–H groups in total. The third kappa shape index (κ3) is 6.11. The van der Waals surface area contributed by atoms with Gasteiger partial charge in [0.05, 0.1) is 13.2 Å². The van der Waals surface area contributed by atoms with Gasteiger partial charge in [0.2, 0.25) is 0 Å². The first-order chi connectivity index (χ1) is 11.2. The fourth-order valence-electron chi connectivity index (χ4n) is 2.46. The van der Waals surface area contributed by atoms with Crippen LogP contribution in [0.2, 0.25) is 0 Å². The summed E-state index contributed by atoms with van der Waals surface area (Å²) in [4.78, 5) is 6.56. The molecule has 23 heavy (non-hydrogen) atoms. The molecule has 0 radical (unpaired) electrons. The van der Waals surface area contributed by atoms with E-state index >= 15 is 0 Å². The first-order valence-corrected chi connectivity index (χ1v) is 7.93. The topological polar surface area (TPSA) is 62.9 Å². The van der Waals surface area contributed by atoms with E-state index in [9.17, 15) is 8.78 Å². The highest BCUT2D eigenvalue weighted by molar-refractivity contribution is 5.77. The standard InChI is InChI=1S/C16H24F2N4O/c17-14-3-1-4-15(18)13(14)5-7-21-16(19)20-6-2-8-22-9-11-23-12-10-22/h1,3-4H,2,5-12H2,(H3,19,20,21). The predicted octanol–water partition coefficient (Wildman–Crippen LogP) is 1.13. The molecule has 1 aliphatic heterocycles. The maximum atomic E-state index is 13.5. The summed E-state index contributed by atoms with van der Waals surface area (Å²) in [6.07, 6.45) is 1.15. The Labute approximate surface area is 135 Å². The summed E-state index contributed by atoms with van der Waals surface area (Å²) in [5.41, 5.74) is 5.82. The minimum Gasteiger partial charge on any atom is -0.379 e. The van der Waals surface area contributed by atoms with Crippen molar-refractivity contribution in [3.63, 3.8) is 0 Å². The second-order valence-electron chi connectivity index (χ2n) is 5.45. The van der Waals surface area contributed by atoms with Crippen LogP contribution in [-0.4, -0.2) is 56.8 Å². The van der Waals surface area contributed by atoms with E-state index in [1.807, 2.05) is 0 Å². The molecule has 1 fully saturated rings. The molecule has 2 rings (SSSR count). The zero-order chi connectivity index (χ0) is 16.5. The zero-order valence-corrected chi connectivity index (χ0v) is 13.2. The SMILES string of the molecule is NC(=NCCCN1CCOCC1)NCCc1c(F)cccc1F. The van der Waals surface area contributed by atoms with E-state index in [1.165, 1.54) is 18.2 Å². The van der Waals surface area contributed by atoms with Gasteiger partial charge in [0.1, 0.15) is 11.6 Å². The molecule has 1 aromatic carbocycles. The highest BCUT2D eigenvalue weighted by Gasteiger charge is 2.09. The highest BCUT2D eigenvalue weighted by Crippen LogP contribution is 2.11. The number of morpholine rings is 1. The average Bonchev–Trinajstić information content (AvgIpc) is 2.55. The monoisotopic (exact) mass is 326 g/mol. The van der Waals surface area contributed by atoms with Crippen molar-refractivity contribution < 1.29 is 13.5 Å². The summed E-state index contributed by atoms with van der Waals surface area (Å²) in [5.74, 6) is -0.760. The number of halogens is 2. The molecule has 0 atom stereocenters. The van der Waals surface area contributed by atoms with E-state index in [0.29, 0.717) is 19.0 Å². The van der Waals surface area contributed by atoms with Crippen molar-refractivity contribution >= 4 is 5.96 Å². The molecule has 1 aliphatic rings. The number of benzene rings is 1. The Morgan fingerprint density at radius 3 is 2.65 bits per heavy atom. The van der Waals surface area contributed by atoms with E-state index in [2.05, 4.69) is 15.2 Å². The lowest BCUT2D eigenvalue weighted by molar-refractivity contribution is 0.0377. The van der Waals surface area contributed by atoms with Crippen LogP contribution < -0.4 is 11.1 Å². The number of nitrogens with two attached hydrogens (primary N) is 1. The normalized spacial score (nSPS) is 16.5. The van der Waals surface area contributed by atoms with Gasteiger partial charge in [-0.1, -0.05) is 6.07 Å². The quantitative estimate of drug-likeness (QED) is 0.448. The van der Waals surface area contributed by atoms with Crippen LogP contribution in [0.25, 0.3) is 0 Å². The molecule has 5 nitrogen and oxygen atoms in total. The largest absolute Gasteiger partial charge is 0.379 e. The molecular weight excluding hydrogens is 302 g/mol. The molecule has 0 amide bonds. The maximum absolute atomic E-state index is 13.5. The van der Waals surface area contributed by atoms with Crippen molar-refractivity contribution in [2.45, 2.75) is 12.8 Å². The average molecular weight is 326 g/mol. The molecule has 7 heteroatoms. The summed E-state index contributed by atoms with van der Waals surface area (Å²) >= 11 is 0. The fraction of sp³-hybridized carbons (Fsp3) is 0.562. The third-order valence-corrected chi connectivity index (χ3v) is 3.76. The summed E-state index contributed by atoms with van der Waals surface area (Å²) in [6, 6.07) is 3.86. The molecule has 0 bridgehead atoms.